The summed E-state index contributed by atoms with van der Waals surface area (Å²) in [5, 5.41) is 0. The summed E-state index contributed by atoms with van der Waals surface area (Å²) in [4.78, 5) is 0. The van der Waals surface area contributed by atoms with Crippen molar-refractivity contribution in [3.05, 3.63) is 109 Å². The van der Waals surface area contributed by atoms with E-state index in [0.717, 1.165) is 23.0 Å². The Balaban J connectivity index is 1.50. The van der Waals surface area contributed by atoms with E-state index in [1.807, 2.05) is 72.8 Å². The van der Waals surface area contributed by atoms with Gasteiger partial charge in [-0.15, -0.1) is 0 Å². The molecule has 0 amide bonds. The molecule has 28 heavy (non-hydrogen) atoms. The van der Waals surface area contributed by atoms with Gasteiger partial charge in [0.05, 0.1) is 0 Å². The molecular weight excluding hydrogens is 575 g/mol. The Hall–Kier alpha value is -1.94. The van der Waals surface area contributed by atoms with Crippen LogP contribution in [0, 0.1) is 0 Å². The Labute approximate surface area is 181 Å². The molecule has 0 aromatic heterocycles. The van der Waals surface area contributed by atoms with Crippen molar-refractivity contribution in [1.29, 1.82) is 0 Å². The summed E-state index contributed by atoms with van der Waals surface area (Å²) in [7, 11) is 0. The van der Waals surface area contributed by atoms with Crippen LogP contribution in [0.2, 0.25) is 0 Å². The van der Waals surface area contributed by atoms with Crippen molar-refractivity contribution in [2.24, 2.45) is 0 Å². The number of benzene rings is 4. The van der Waals surface area contributed by atoms with Crippen LogP contribution < -0.4 is 16.7 Å². The van der Waals surface area contributed by atoms with Gasteiger partial charge >= 0.3 is 183 Å². The molecule has 0 atom stereocenters. The molecule has 0 spiro atoms. The molecule has 0 saturated heterocycles. The molecule has 0 aliphatic rings. The molecule has 4 aromatic rings. The van der Waals surface area contributed by atoms with Gasteiger partial charge in [0.2, 0.25) is 0 Å². The number of rotatable bonds is 7. The van der Waals surface area contributed by atoms with E-state index in [2.05, 4.69) is 36.4 Å². The molecule has 0 fully saturated rings. The van der Waals surface area contributed by atoms with Gasteiger partial charge in [-0.3, -0.25) is 0 Å². The summed E-state index contributed by atoms with van der Waals surface area (Å²) < 4.78 is 15.0. The van der Waals surface area contributed by atoms with Crippen molar-refractivity contribution in [3.8, 4) is 23.0 Å². The summed E-state index contributed by atoms with van der Waals surface area (Å²) in [5.74, 6) is 3.75. The summed E-state index contributed by atoms with van der Waals surface area (Å²) in [6.07, 6.45) is 0. The first-order valence-electron chi connectivity index (χ1n) is 8.87. The van der Waals surface area contributed by atoms with E-state index in [9.17, 15) is 0 Å². The normalized spacial score (nSPS) is 10.4. The first-order chi connectivity index (χ1) is 13.9. The fourth-order valence-electron chi connectivity index (χ4n) is 2.53. The van der Waals surface area contributed by atoms with Gasteiger partial charge in [0.1, 0.15) is 0 Å². The summed E-state index contributed by atoms with van der Waals surface area (Å²) >= 11 is -0.695. The SMILES string of the molecule is c1ccc(Oc2ccccc2[Te][Te]c2ccccc2Oc2ccccc2)cc1. The Kier molecular flexibility index (Phi) is 6.93. The van der Waals surface area contributed by atoms with Gasteiger partial charge in [0.15, 0.2) is 0 Å². The predicted molar refractivity (Wildman–Crippen MR) is 117 cm³/mol. The minimum absolute atomic E-state index is 0.348. The molecule has 0 aliphatic heterocycles. The van der Waals surface area contributed by atoms with E-state index in [1.54, 1.807) is 0 Å². The topological polar surface area (TPSA) is 18.5 Å². The predicted octanol–water partition coefficient (Wildman–Crippen LogP) is 4.55. The number of para-hydroxylation sites is 4. The zero-order valence-corrected chi connectivity index (χ0v) is 19.7. The number of hydrogen-bond donors (Lipinski definition) is 0. The summed E-state index contributed by atoms with van der Waals surface area (Å²) in [6.45, 7) is 0. The van der Waals surface area contributed by atoms with Gasteiger partial charge in [-0.2, -0.15) is 0 Å². The third-order valence-corrected chi connectivity index (χ3v) is 15.5. The van der Waals surface area contributed by atoms with Crippen molar-refractivity contribution in [1.82, 2.24) is 0 Å². The third kappa shape index (κ3) is 5.32. The number of hydrogen-bond acceptors (Lipinski definition) is 2. The second-order valence-electron chi connectivity index (χ2n) is 5.89. The van der Waals surface area contributed by atoms with E-state index in [1.165, 1.54) is 7.22 Å². The minimum atomic E-state index is -0.348. The summed E-state index contributed by atoms with van der Waals surface area (Å²) in [5.41, 5.74) is 0. The number of ether oxygens (including phenoxy) is 2. The van der Waals surface area contributed by atoms with Crippen LogP contribution in [0.25, 0.3) is 0 Å². The van der Waals surface area contributed by atoms with Crippen molar-refractivity contribution in [2.45, 2.75) is 0 Å². The van der Waals surface area contributed by atoms with Crippen molar-refractivity contribution < 1.29 is 9.47 Å². The Morgan fingerprint density at radius 2 is 0.750 bits per heavy atom. The first-order valence-corrected chi connectivity index (χ1v) is 18.5. The summed E-state index contributed by atoms with van der Waals surface area (Å²) in [6, 6.07) is 36.9. The molecule has 0 saturated carbocycles. The quantitative estimate of drug-likeness (QED) is 0.293. The second kappa shape index (κ2) is 10.0. The monoisotopic (exact) mass is 598 g/mol. The molecule has 138 valence electrons. The fourth-order valence-corrected chi connectivity index (χ4v) is 13.6. The maximum absolute atomic E-state index is 6.15. The average Bonchev–Trinajstić information content (AvgIpc) is 2.76. The third-order valence-electron chi connectivity index (χ3n) is 3.86. The molecule has 0 bridgehead atoms. The van der Waals surface area contributed by atoms with Gasteiger partial charge in [0.25, 0.3) is 0 Å². The molecule has 0 unspecified atom stereocenters. The van der Waals surface area contributed by atoms with E-state index in [0.29, 0.717) is 0 Å². The van der Waals surface area contributed by atoms with Crippen LogP contribution in [-0.4, -0.2) is 34.1 Å². The standard InChI is InChI=1S/C24H18O2Te2/c1-3-11-19(12-4-1)25-21-15-7-9-17-23(21)27-28-24-18-10-8-16-22(24)26-20-13-5-2-6-14-20/h1-18H. The van der Waals surface area contributed by atoms with Gasteiger partial charge < -0.3 is 0 Å². The fraction of sp³-hybridized carbons (Fsp3) is 0. The molecule has 0 aliphatic carbocycles. The van der Waals surface area contributed by atoms with Crippen LogP contribution in [0.3, 0.4) is 0 Å². The van der Waals surface area contributed by atoms with Gasteiger partial charge in [0, 0.05) is 0 Å². The van der Waals surface area contributed by atoms with E-state index >= 15 is 0 Å². The van der Waals surface area contributed by atoms with Crippen LogP contribution >= 0.6 is 0 Å². The van der Waals surface area contributed by atoms with Crippen LogP contribution in [-0.2, 0) is 0 Å². The van der Waals surface area contributed by atoms with Gasteiger partial charge in [-0.05, 0) is 0 Å². The zero-order valence-electron chi connectivity index (χ0n) is 15.0. The van der Waals surface area contributed by atoms with Crippen LogP contribution in [0.4, 0.5) is 0 Å². The molecule has 2 nitrogen and oxygen atoms in total. The van der Waals surface area contributed by atoms with Crippen molar-refractivity contribution in [2.75, 3.05) is 0 Å². The van der Waals surface area contributed by atoms with E-state index in [4.69, 9.17) is 9.47 Å². The van der Waals surface area contributed by atoms with Crippen LogP contribution in [0.1, 0.15) is 0 Å². The van der Waals surface area contributed by atoms with E-state index < -0.39 is 0 Å². The second-order valence-corrected chi connectivity index (χ2v) is 15.7. The molecule has 4 heteroatoms. The van der Waals surface area contributed by atoms with Crippen LogP contribution in [0.5, 0.6) is 23.0 Å². The molecule has 4 aromatic carbocycles. The van der Waals surface area contributed by atoms with Gasteiger partial charge in [-0.25, -0.2) is 0 Å². The maximum atomic E-state index is 6.15. The first kappa shape index (κ1) is 19.4. The molecule has 4 rings (SSSR count). The Morgan fingerprint density at radius 1 is 0.393 bits per heavy atom. The Morgan fingerprint density at radius 3 is 1.18 bits per heavy atom. The van der Waals surface area contributed by atoms with E-state index in [-0.39, 0.29) is 34.1 Å². The molecule has 0 N–H and O–H groups in total. The molecular formula is C24H18O2Te2. The molecule has 0 heterocycles. The van der Waals surface area contributed by atoms with Crippen LogP contribution in [0.15, 0.2) is 109 Å². The molecule has 0 radical (unpaired) electrons. The van der Waals surface area contributed by atoms with Crippen molar-refractivity contribution in [3.63, 3.8) is 0 Å². The average molecular weight is 594 g/mol. The van der Waals surface area contributed by atoms with Crippen molar-refractivity contribution >= 4 is 41.3 Å². The Bertz CT molecular complexity index is 936. The zero-order chi connectivity index (χ0) is 19.0. The van der Waals surface area contributed by atoms with Gasteiger partial charge in [-0.1, -0.05) is 0 Å².